The molecule has 21 heavy (non-hydrogen) atoms. The Morgan fingerprint density at radius 3 is 2.57 bits per heavy atom. The van der Waals surface area contributed by atoms with Crippen LogP contribution in [0.25, 0.3) is 0 Å². The van der Waals surface area contributed by atoms with Crippen molar-refractivity contribution in [1.82, 2.24) is 5.32 Å². The molecule has 1 unspecified atom stereocenters. The molecule has 0 aliphatic heterocycles. The number of nitro benzene ring substituents is 1. The molecule has 2 N–H and O–H groups in total. The maximum absolute atomic E-state index is 12.3. The molecule has 1 aromatic carbocycles. The van der Waals surface area contributed by atoms with Crippen molar-refractivity contribution in [2.75, 3.05) is 6.61 Å². The third-order valence-corrected chi connectivity index (χ3v) is 3.87. The van der Waals surface area contributed by atoms with Crippen LogP contribution in [0.4, 0.5) is 5.69 Å². The Bertz CT molecular complexity index is 540. The lowest BCUT2D eigenvalue weighted by Gasteiger charge is -2.31. The van der Waals surface area contributed by atoms with Gasteiger partial charge in [-0.1, -0.05) is 20.8 Å². The number of carbonyl (C=O) groups is 1. The highest BCUT2D eigenvalue weighted by Crippen LogP contribution is 2.25. The Morgan fingerprint density at radius 1 is 1.48 bits per heavy atom. The van der Waals surface area contributed by atoms with Gasteiger partial charge in [0, 0.05) is 29.3 Å². The number of amides is 1. The van der Waals surface area contributed by atoms with Crippen LogP contribution < -0.4 is 5.32 Å². The second-order valence-electron chi connectivity index (χ2n) is 5.83. The van der Waals surface area contributed by atoms with Gasteiger partial charge in [-0.05, 0) is 33.8 Å². The summed E-state index contributed by atoms with van der Waals surface area (Å²) >= 11 is 3.23. The maximum atomic E-state index is 12.3. The van der Waals surface area contributed by atoms with E-state index < -0.39 is 10.8 Å². The molecule has 0 heterocycles. The molecule has 6 nitrogen and oxygen atoms in total. The molecule has 0 bridgehead atoms. The van der Waals surface area contributed by atoms with Gasteiger partial charge in [-0.3, -0.25) is 14.9 Å². The van der Waals surface area contributed by atoms with Gasteiger partial charge >= 0.3 is 0 Å². The molecule has 0 aromatic heterocycles. The van der Waals surface area contributed by atoms with Gasteiger partial charge in [-0.15, -0.1) is 0 Å². The van der Waals surface area contributed by atoms with Crippen molar-refractivity contribution in [3.63, 3.8) is 0 Å². The fourth-order valence-electron chi connectivity index (χ4n) is 1.89. The highest BCUT2D eigenvalue weighted by molar-refractivity contribution is 9.10. The van der Waals surface area contributed by atoms with E-state index in [4.69, 9.17) is 5.11 Å². The Morgan fingerprint density at radius 2 is 2.10 bits per heavy atom. The van der Waals surface area contributed by atoms with Gasteiger partial charge in [0.15, 0.2) is 0 Å². The zero-order valence-electron chi connectivity index (χ0n) is 12.2. The molecule has 116 valence electrons. The normalized spacial score (nSPS) is 12.8. The van der Waals surface area contributed by atoms with Crippen molar-refractivity contribution < 1.29 is 14.8 Å². The van der Waals surface area contributed by atoms with Gasteiger partial charge in [0.1, 0.15) is 0 Å². The molecule has 0 radical (unpaired) electrons. The lowest BCUT2D eigenvalue weighted by Crippen LogP contribution is -2.44. The van der Waals surface area contributed by atoms with E-state index in [1.165, 1.54) is 18.2 Å². The summed E-state index contributed by atoms with van der Waals surface area (Å²) in [7, 11) is 0. The van der Waals surface area contributed by atoms with Crippen LogP contribution in [-0.2, 0) is 0 Å². The number of hydrogen-bond donors (Lipinski definition) is 2. The highest BCUT2D eigenvalue weighted by atomic mass is 79.9. The number of halogens is 1. The number of aliphatic hydroxyl groups is 1. The Balaban J connectivity index is 3.02. The first-order valence-electron chi connectivity index (χ1n) is 6.52. The molecular formula is C14H19BrN2O4. The van der Waals surface area contributed by atoms with E-state index in [0.717, 1.165) is 0 Å². The molecule has 0 fully saturated rings. The summed E-state index contributed by atoms with van der Waals surface area (Å²) in [6.45, 7) is 5.82. The summed E-state index contributed by atoms with van der Waals surface area (Å²) in [5.74, 6) is -0.404. The van der Waals surface area contributed by atoms with E-state index in [2.05, 4.69) is 21.2 Å². The maximum Gasteiger partial charge on any atom is 0.270 e. The SMILES string of the molecule is CC(C)(C)C(CCO)NC(=O)c1cc([N+](=O)[O-])ccc1Br. The monoisotopic (exact) mass is 358 g/mol. The van der Waals surface area contributed by atoms with E-state index >= 15 is 0 Å². The fourth-order valence-corrected chi connectivity index (χ4v) is 2.31. The molecular weight excluding hydrogens is 340 g/mol. The van der Waals surface area contributed by atoms with Gasteiger partial charge in [-0.25, -0.2) is 0 Å². The molecule has 1 aromatic rings. The van der Waals surface area contributed by atoms with E-state index in [0.29, 0.717) is 10.9 Å². The number of rotatable bonds is 5. The predicted octanol–water partition coefficient (Wildman–Crippen LogP) is 2.88. The Hall–Kier alpha value is -1.47. The van der Waals surface area contributed by atoms with Crippen LogP contribution in [0.15, 0.2) is 22.7 Å². The lowest BCUT2D eigenvalue weighted by atomic mass is 9.84. The van der Waals surface area contributed by atoms with E-state index in [9.17, 15) is 14.9 Å². The summed E-state index contributed by atoms with van der Waals surface area (Å²) in [5, 5.41) is 22.7. The minimum absolute atomic E-state index is 0.0433. The predicted molar refractivity (Wildman–Crippen MR) is 83.2 cm³/mol. The van der Waals surface area contributed by atoms with Crippen LogP contribution in [0.2, 0.25) is 0 Å². The van der Waals surface area contributed by atoms with E-state index in [1.54, 1.807) is 0 Å². The fraction of sp³-hybridized carbons (Fsp3) is 0.500. The van der Waals surface area contributed by atoms with Crippen molar-refractivity contribution in [1.29, 1.82) is 0 Å². The summed E-state index contributed by atoms with van der Waals surface area (Å²) in [6, 6.07) is 3.81. The number of carbonyl (C=O) groups excluding carboxylic acids is 1. The largest absolute Gasteiger partial charge is 0.396 e. The molecule has 0 spiro atoms. The Labute approximate surface area is 131 Å². The minimum Gasteiger partial charge on any atom is -0.396 e. The van der Waals surface area contributed by atoms with Crippen molar-refractivity contribution in [3.05, 3.63) is 38.3 Å². The quantitative estimate of drug-likeness (QED) is 0.625. The molecule has 0 aliphatic rings. The third-order valence-electron chi connectivity index (χ3n) is 3.17. The van der Waals surface area contributed by atoms with Crippen molar-refractivity contribution in [2.24, 2.45) is 5.41 Å². The highest BCUT2D eigenvalue weighted by Gasteiger charge is 2.27. The minimum atomic E-state index is -0.543. The number of non-ortho nitro benzene ring substituents is 1. The van der Waals surface area contributed by atoms with Gasteiger partial charge in [-0.2, -0.15) is 0 Å². The number of nitrogens with one attached hydrogen (secondary N) is 1. The van der Waals surface area contributed by atoms with Crippen LogP contribution in [0, 0.1) is 15.5 Å². The van der Waals surface area contributed by atoms with Gasteiger partial charge in [0.25, 0.3) is 11.6 Å². The van der Waals surface area contributed by atoms with E-state index in [1.807, 2.05) is 20.8 Å². The zero-order chi connectivity index (χ0) is 16.2. The average Bonchev–Trinajstić information content (AvgIpc) is 2.37. The molecule has 1 atom stereocenters. The van der Waals surface area contributed by atoms with Crippen LogP contribution in [0.3, 0.4) is 0 Å². The van der Waals surface area contributed by atoms with Crippen molar-refractivity contribution >= 4 is 27.5 Å². The second kappa shape index (κ2) is 7.00. The summed E-state index contributed by atoms with van der Waals surface area (Å²) in [4.78, 5) is 22.6. The second-order valence-corrected chi connectivity index (χ2v) is 6.68. The molecule has 0 saturated carbocycles. The first kappa shape index (κ1) is 17.6. The lowest BCUT2D eigenvalue weighted by molar-refractivity contribution is -0.384. The number of nitro groups is 1. The van der Waals surface area contributed by atoms with Crippen LogP contribution in [0.1, 0.15) is 37.6 Å². The number of aliphatic hydroxyl groups excluding tert-OH is 1. The number of benzene rings is 1. The zero-order valence-corrected chi connectivity index (χ0v) is 13.8. The molecule has 0 saturated heterocycles. The van der Waals surface area contributed by atoms with Gasteiger partial charge in [0.2, 0.25) is 0 Å². The topological polar surface area (TPSA) is 92.5 Å². The van der Waals surface area contributed by atoms with Gasteiger partial charge in [0.05, 0.1) is 10.5 Å². The molecule has 1 amide bonds. The molecule has 0 aliphatic carbocycles. The standard InChI is InChI=1S/C14H19BrN2O4/c1-14(2,3)12(6-7-18)16-13(19)10-8-9(17(20)21)4-5-11(10)15/h4-5,8,12,18H,6-7H2,1-3H3,(H,16,19). The van der Waals surface area contributed by atoms with E-state index in [-0.39, 0.29) is 29.3 Å². The first-order valence-corrected chi connectivity index (χ1v) is 7.31. The van der Waals surface area contributed by atoms with Crippen molar-refractivity contribution in [3.8, 4) is 0 Å². The average molecular weight is 359 g/mol. The molecule has 7 heteroatoms. The van der Waals surface area contributed by atoms with Gasteiger partial charge < -0.3 is 10.4 Å². The van der Waals surface area contributed by atoms with Crippen LogP contribution in [0.5, 0.6) is 0 Å². The first-order chi connectivity index (χ1) is 9.66. The van der Waals surface area contributed by atoms with Crippen molar-refractivity contribution in [2.45, 2.75) is 33.2 Å². The summed E-state index contributed by atoms with van der Waals surface area (Å²) in [6.07, 6.45) is 0.418. The van der Waals surface area contributed by atoms with Crippen LogP contribution >= 0.6 is 15.9 Å². The molecule has 1 rings (SSSR count). The summed E-state index contributed by atoms with van der Waals surface area (Å²) < 4.78 is 0.488. The summed E-state index contributed by atoms with van der Waals surface area (Å²) in [5.41, 5.74) is -0.166. The number of nitrogens with zero attached hydrogens (tertiary/aromatic N) is 1. The smallest absolute Gasteiger partial charge is 0.270 e. The number of hydrogen-bond acceptors (Lipinski definition) is 4. The Kier molecular flexibility index (Phi) is 5.86. The third kappa shape index (κ3) is 4.78. The van der Waals surface area contributed by atoms with Crippen LogP contribution in [-0.4, -0.2) is 28.6 Å².